The van der Waals surface area contributed by atoms with Gasteiger partial charge in [-0.2, -0.15) is 18.3 Å². The van der Waals surface area contributed by atoms with Crippen molar-refractivity contribution in [3.05, 3.63) is 18.0 Å². The molecule has 0 spiro atoms. The summed E-state index contributed by atoms with van der Waals surface area (Å²) in [6.07, 6.45) is -0.376. The SMILES string of the molecule is Cn1ccc(CC(=O)N2C[C@@H]3CN(CC4CCOCC4)C[C@@H]32)n1.O=C(O)C(F)(F)F. The second kappa shape index (κ2) is 9.34. The van der Waals surface area contributed by atoms with E-state index >= 15 is 0 Å². The van der Waals surface area contributed by atoms with Crippen molar-refractivity contribution in [2.75, 3.05) is 39.4 Å². The molecule has 1 N–H and O–H groups in total. The molecular formula is C19H27F3N4O4. The topological polar surface area (TPSA) is 87.9 Å². The molecule has 0 saturated carbocycles. The van der Waals surface area contributed by atoms with E-state index in [0.29, 0.717) is 18.4 Å². The first kappa shape index (κ1) is 22.5. The van der Waals surface area contributed by atoms with Gasteiger partial charge in [0.05, 0.1) is 18.2 Å². The molecule has 1 aromatic rings. The predicted molar refractivity (Wildman–Crippen MR) is 99.6 cm³/mol. The molecule has 3 fully saturated rings. The molecular weight excluding hydrogens is 405 g/mol. The number of amides is 1. The number of nitrogens with zero attached hydrogens (tertiary/aromatic N) is 4. The van der Waals surface area contributed by atoms with Gasteiger partial charge >= 0.3 is 12.1 Å². The third-order valence-electron chi connectivity index (χ3n) is 5.83. The average Bonchev–Trinajstić information content (AvgIpc) is 3.20. The summed E-state index contributed by atoms with van der Waals surface area (Å²) in [5.74, 6) is -1.06. The summed E-state index contributed by atoms with van der Waals surface area (Å²) in [7, 11) is 1.89. The van der Waals surface area contributed by atoms with Gasteiger partial charge in [0.2, 0.25) is 5.91 Å². The maximum absolute atomic E-state index is 12.5. The summed E-state index contributed by atoms with van der Waals surface area (Å²) in [6.45, 7) is 6.16. The number of aryl methyl sites for hydroxylation is 1. The smallest absolute Gasteiger partial charge is 0.475 e. The Morgan fingerprint density at radius 1 is 1.23 bits per heavy atom. The van der Waals surface area contributed by atoms with Crippen molar-refractivity contribution in [1.29, 1.82) is 0 Å². The minimum Gasteiger partial charge on any atom is -0.475 e. The highest BCUT2D eigenvalue weighted by Crippen LogP contribution is 2.33. The van der Waals surface area contributed by atoms with Gasteiger partial charge in [0.25, 0.3) is 0 Å². The third kappa shape index (κ3) is 5.72. The van der Waals surface area contributed by atoms with Crippen molar-refractivity contribution in [2.45, 2.75) is 31.5 Å². The Morgan fingerprint density at radius 2 is 1.90 bits per heavy atom. The van der Waals surface area contributed by atoms with Gasteiger partial charge < -0.3 is 19.6 Å². The molecule has 1 amide bonds. The molecule has 1 aromatic heterocycles. The second-order valence-electron chi connectivity index (χ2n) is 8.11. The lowest BCUT2D eigenvalue weighted by Crippen LogP contribution is -2.58. The quantitative estimate of drug-likeness (QED) is 0.769. The van der Waals surface area contributed by atoms with E-state index in [9.17, 15) is 18.0 Å². The van der Waals surface area contributed by atoms with E-state index in [2.05, 4.69) is 14.9 Å². The number of aromatic nitrogens is 2. The molecule has 4 rings (SSSR count). The molecule has 30 heavy (non-hydrogen) atoms. The van der Waals surface area contributed by atoms with Gasteiger partial charge in [0, 0.05) is 58.6 Å². The summed E-state index contributed by atoms with van der Waals surface area (Å²) >= 11 is 0. The first-order valence-electron chi connectivity index (χ1n) is 10.0. The molecule has 11 heteroatoms. The number of hydrogen-bond acceptors (Lipinski definition) is 5. The van der Waals surface area contributed by atoms with Crippen LogP contribution in [0, 0.1) is 11.8 Å². The highest BCUT2D eigenvalue weighted by molar-refractivity contribution is 5.79. The minimum atomic E-state index is -5.08. The van der Waals surface area contributed by atoms with Gasteiger partial charge in [-0.3, -0.25) is 9.48 Å². The molecule has 3 saturated heterocycles. The summed E-state index contributed by atoms with van der Waals surface area (Å²) in [5.41, 5.74) is 0.873. The van der Waals surface area contributed by atoms with E-state index in [4.69, 9.17) is 14.6 Å². The predicted octanol–water partition coefficient (Wildman–Crippen LogP) is 1.17. The standard InChI is InChI=1S/C17H26N4O2.C2HF3O2/c1-19-5-2-15(18-19)8-17(22)21-11-14-10-20(12-16(14)21)9-13-3-6-23-7-4-13;3-2(4,5)1(6)7/h2,5,13-14,16H,3-4,6-12H2,1H3;(H,6,7)/t14-,16-;/m0./s1. The van der Waals surface area contributed by atoms with Crippen LogP contribution < -0.4 is 0 Å². The van der Waals surface area contributed by atoms with E-state index in [0.717, 1.165) is 44.5 Å². The molecule has 0 bridgehead atoms. The minimum absolute atomic E-state index is 0.234. The zero-order valence-corrected chi connectivity index (χ0v) is 16.8. The lowest BCUT2D eigenvalue weighted by Gasteiger charge is -2.43. The summed E-state index contributed by atoms with van der Waals surface area (Å²) in [6, 6.07) is 2.37. The van der Waals surface area contributed by atoms with E-state index in [1.807, 2.05) is 19.3 Å². The summed E-state index contributed by atoms with van der Waals surface area (Å²) < 4.78 is 38.9. The number of rotatable bonds is 4. The molecule has 0 aliphatic carbocycles. The fourth-order valence-corrected chi connectivity index (χ4v) is 4.27. The first-order chi connectivity index (χ1) is 14.1. The van der Waals surface area contributed by atoms with E-state index < -0.39 is 12.1 Å². The number of fused-ring (bicyclic) bond motifs is 1. The van der Waals surface area contributed by atoms with Crippen molar-refractivity contribution in [3.8, 4) is 0 Å². The Kier molecular flexibility index (Phi) is 7.02. The van der Waals surface area contributed by atoms with E-state index in [-0.39, 0.29) is 5.91 Å². The van der Waals surface area contributed by atoms with Crippen LogP contribution in [0.15, 0.2) is 12.3 Å². The van der Waals surface area contributed by atoms with Gasteiger partial charge in [-0.1, -0.05) is 0 Å². The Balaban J connectivity index is 0.000000318. The van der Waals surface area contributed by atoms with Crippen molar-refractivity contribution in [1.82, 2.24) is 19.6 Å². The van der Waals surface area contributed by atoms with Crippen LogP contribution >= 0.6 is 0 Å². The summed E-state index contributed by atoms with van der Waals surface area (Å²) in [4.78, 5) is 26.0. The van der Waals surface area contributed by atoms with Crippen molar-refractivity contribution in [3.63, 3.8) is 0 Å². The molecule has 168 valence electrons. The molecule has 0 unspecified atom stereocenters. The molecule has 4 heterocycles. The Labute approximate surface area is 172 Å². The van der Waals surface area contributed by atoms with Gasteiger partial charge in [0.15, 0.2) is 0 Å². The number of carboxylic acid groups (broad SMARTS) is 1. The average molecular weight is 432 g/mol. The van der Waals surface area contributed by atoms with Crippen LogP contribution in [-0.2, 0) is 27.8 Å². The summed E-state index contributed by atoms with van der Waals surface area (Å²) in [5, 5.41) is 11.4. The van der Waals surface area contributed by atoms with Crippen LogP contribution in [0.5, 0.6) is 0 Å². The first-order valence-corrected chi connectivity index (χ1v) is 10.0. The van der Waals surface area contributed by atoms with Crippen LogP contribution in [0.25, 0.3) is 0 Å². The fourth-order valence-electron chi connectivity index (χ4n) is 4.27. The van der Waals surface area contributed by atoms with Gasteiger partial charge in [0.1, 0.15) is 0 Å². The molecule has 8 nitrogen and oxygen atoms in total. The van der Waals surface area contributed by atoms with Crippen molar-refractivity contribution < 1.29 is 32.6 Å². The van der Waals surface area contributed by atoms with Crippen LogP contribution in [-0.4, -0.2) is 88.2 Å². The number of hydrogen-bond donors (Lipinski definition) is 1. The van der Waals surface area contributed by atoms with Crippen molar-refractivity contribution >= 4 is 11.9 Å². The van der Waals surface area contributed by atoms with Gasteiger partial charge in [-0.15, -0.1) is 0 Å². The molecule has 0 aromatic carbocycles. The van der Waals surface area contributed by atoms with Crippen LogP contribution in [0.2, 0.25) is 0 Å². The number of carboxylic acids is 1. The molecule has 3 aliphatic heterocycles. The second-order valence-corrected chi connectivity index (χ2v) is 8.11. The van der Waals surface area contributed by atoms with Crippen LogP contribution in [0.3, 0.4) is 0 Å². The molecule has 3 aliphatic rings. The lowest BCUT2D eigenvalue weighted by molar-refractivity contribution is -0.192. The maximum atomic E-state index is 12.5. The van der Waals surface area contributed by atoms with Gasteiger partial charge in [-0.05, 0) is 24.8 Å². The number of alkyl halides is 3. The van der Waals surface area contributed by atoms with Gasteiger partial charge in [-0.25, -0.2) is 4.79 Å². The number of likely N-dealkylation sites (tertiary alicyclic amines) is 2. The zero-order valence-electron chi connectivity index (χ0n) is 16.8. The highest BCUT2D eigenvalue weighted by Gasteiger charge is 2.47. The Hall–Kier alpha value is -2.14. The van der Waals surface area contributed by atoms with E-state index in [1.165, 1.54) is 19.4 Å². The molecule has 2 atom stereocenters. The number of carbonyl (C=O) groups is 2. The van der Waals surface area contributed by atoms with Crippen molar-refractivity contribution in [2.24, 2.45) is 18.9 Å². The third-order valence-corrected chi connectivity index (χ3v) is 5.83. The van der Waals surface area contributed by atoms with Crippen LogP contribution in [0.1, 0.15) is 18.5 Å². The monoisotopic (exact) mass is 432 g/mol. The largest absolute Gasteiger partial charge is 0.490 e. The number of aliphatic carboxylic acids is 1. The highest BCUT2D eigenvalue weighted by atomic mass is 19.4. The van der Waals surface area contributed by atoms with Crippen LogP contribution in [0.4, 0.5) is 13.2 Å². The lowest BCUT2D eigenvalue weighted by atomic mass is 9.91. The van der Waals surface area contributed by atoms with E-state index in [1.54, 1.807) is 4.68 Å². The molecule has 0 radical (unpaired) electrons. The zero-order chi connectivity index (χ0) is 21.9. The number of halogens is 3. The number of carbonyl (C=O) groups excluding carboxylic acids is 1. The fraction of sp³-hybridized carbons (Fsp3) is 0.737. The maximum Gasteiger partial charge on any atom is 0.490 e. The Morgan fingerprint density at radius 3 is 2.47 bits per heavy atom. The number of ether oxygens (including phenoxy) is 1. The normalized spacial score (nSPS) is 24.6. The Bertz CT molecular complexity index is 748.